The lowest BCUT2D eigenvalue weighted by Gasteiger charge is -2.44. The Morgan fingerprint density at radius 2 is 1.68 bits per heavy atom. The highest BCUT2D eigenvalue weighted by Crippen LogP contribution is 2.37. The summed E-state index contributed by atoms with van der Waals surface area (Å²) in [5.74, 6) is -0.688. The Kier molecular flexibility index (Phi) is 3.68. The van der Waals surface area contributed by atoms with Crippen molar-refractivity contribution in [2.24, 2.45) is 0 Å². The molecular weight excluding hydrogens is 238 g/mol. The molecule has 0 atom stereocenters. The van der Waals surface area contributed by atoms with Gasteiger partial charge in [0.2, 0.25) is 0 Å². The van der Waals surface area contributed by atoms with Crippen LogP contribution in [-0.2, 0) is 10.2 Å². The molecular formula is C16H23NO2. The third kappa shape index (κ3) is 2.66. The van der Waals surface area contributed by atoms with Crippen LogP contribution in [0.15, 0.2) is 30.3 Å². The van der Waals surface area contributed by atoms with E-state index in [1.165, 1.54) is 0 Å². The summed E-state index contributed by atoms with van der Waals surface area (Å²) in [6.45, 7) is 8.23. The third-order valence-corrected chi connectivity index (χ3v) is 4.30. The van der Waals surface area contributed by atoms with E-state index in [1.807, 2.05) is 30.3 Å². The van der Waals surface area contributed by atoms with E-state index in [2.05, 4.69) is 25.7 Å². The third-order valence-electron chi connectivity index (χ3n) is 4.30. The van der Waals surface area contributed by atoms with E-state index in [0.717, 1.165) is 18.7 Å². The number of benzene rings is 1. The van der Waals surface area contributed by atoms with Crippen LogP contribution in [0.1, 0.15) is 39.2 Å². The summed E-state index contributed by atoms with van der Waals surface area (Å²) in [4.78, 5) is 14.2. The molecule has 19 heavy (non-hydrogen) atoms. The molecule has 1 aliphatic heterocycles. The average Bonchev–Trinajstić information content (AvgIpc) is 2.38. The van der Waals surface area contributed by atoms with Gasteiger partial charge in [0, 0.05) is 18.6 Å². The van der Waals surface area contributed by atoms with Crippen LogP contribution < -0.4 is 0 Å². The lowest BCUT2D eigenvalue weighted by atomic mass is 9.72. The lowest BCUT2D eigenvalue weighted by molar-refractivity contribution is -0.146. The molecule has 1 aromatic rings. The molecule has 0 radical (unpaired) electrons. The maximum absolute atomic E-state index is 11.8. The SMILES string of the molecule is CC(C)(C)N1CCC(C(=O)O)(c2ccccc2)CC1. The molecule has 1 heterocycles. The molecule has 3 nitrogen and oxygen atoms in total. The average molecular weight is 261 g/mol. The molecule has 1 saturated heterocycles. The molecule has 0 amide bonds. The van der Waals surface area contributed by atoms with Gasteiger partial charge in [0.15, 0.2) is 0 Å². The molecule has 1 aromatic carbocycles. The van der Waals surface area contributed by atoms with E-state index in [-0.39, 0.29) is 5.54 Å². The number of piperidine rings is 1. The molecule has 0 saturated carbocycles. The van der Waals surface area contributed by atoms with Gasteiger partial charge in [-0.3, -0.25) is 9.69 Å². The van der Waals surface area contributed by atoms with Crippen molar-refractivity contribution in [2.75, 3.05) is 13.1 Å². The second-order valence-electron chi connectivity index (χ2n) is 6.41. The minimum atomic E-state index is -0.705. The number of rotatable bonds is 2. The molecule has 3 heteroatoms. The van der Waals surface area contributed by atoms with E-state index < -0.39 is 11.4 Å². The Morgan fingerprint density at radius 1 is 1.16 bits per heavy atom. The first-order valence-electron chi connectivity index (χ1n) is 6.90. The van der Waals surface area contributed by atoms with Crippen LogP contribution in [0.25, 0.3) is 0 Å². The molecule has 0 bridgehead atoms. The van der Waals surface area contributed by atoms with Crippen molar-refractivity contribution in [3.63, 3.8) is 0 Å². The fourth-order valence-electron chi connectivity index (χ4n) is 2.94. The molecule has 1 N–H and O–H groups in total. The largest absolute Gasteiger partial charge is 0.481 e. The quantitative estimate of drug-likeness (QED) is 0.890. The fourth-order valence-corrected chi connectivity index (χ4v) is 2.94. The van der Waals surface area contributed by atoms with Crippen LogP contribution in [0.4, 0.5) is 0 Å². The van der Waals surface area contributed by atoms with Crippen molar-refractivity contribution in [3.8, 4) is 0 Å². The first-order valence-corrected chi connectivity index (χ1v) is 6.90. The van der Waals surface area contributed by atoms with Crippen molar-refractivity contribution >= 4 is 5.97 Å². The normalized spacial score (nSPS) is 20.2. The number of hydrogen-bond acceptors (Lipinski definition) is 2. The maximum Gasteiger partial charge on any atom is 0.314 e. The van der Waals surface area contributed by atoms with Gasteiger partial charge in [0.05, 0.1) is 5.41 Å². The van der Waals surface area contributed by atoms with E-state index >= 15 is 0 Å². The zero-order valence-corrected chi connectivity index (χ0v) is 12.0. The number of carboxylic acid groups (broad SMARTS) is 1. The second kappa shape index (κ2) is 4.97. The molecule has 1 aliphatic rings. The number of carbonyl (C=O) groups is 1. The van der Waals surface area contributed by atoms with Gasteiger partial charge in [0.1, 0.15) is 0 Å². The summed E-state index contributed by atoms with van der Waals surface area (Å²) in [5.41, 5.74) is 0.348. The number of carboxylic acids is 1. The van der Waals surface area contributed by atoms with E-state index in [4.69, 9.17) is 0 Å². The minimum Gasteiger partial charge on any atom is -0.481 e. The Hall–Kier alpha value is -1.35. The Morgan fingerprint density at radius 3 is 2.11 bits per heavy atom. The minimum absolute atomic E-state index is 0.112. The van der Waals surface area contributed by atoms with Gasteiger partial charge in [-0.1, -0.05) is 30.3 Å². The zero-order valence-electron chi connectivity index (χ0n) is 12.0. The monoisotopic (exact) mass is 261 g/mol. The molecule has 1 fully saturated rings. The summed E-state index contributed by atoms with van der Waals surface area (Å²) in [7, 11) is 0. The number of hydrogen-bond donors (Lipinski definition) is 1. The van der Waals surface area contributed by atoms with Gasteiger partial charge in [-0.2, -0.15) is 0 Å². The van der Waals surface area contributed by atoms with Crippen LogP contribution in [-0.4, -0.2) is 34.6 Å². The maximum atomic E-state index is 11.8. The van der Waals surface area contributed by atoms with Crippen LogP contribution >= 0.6 is 0 Å². The number of nitrogens with zero attached hydrogens (tertiary/aromatic N) is 1. The van der Waals surface area contributed by atoms with Gasteiger partial charge in [-0.25, -0.2) is 0 Å². The highest BCUT2D eigenvalue weighted by molar-refractivity contribution is 5.81. The van der Waals surface area contributed by atoms with Crippen molar-refractivity contribution in [1.29, 1.82) is 0 Å². The molecule has 0 spiro atoms. The van der Waals surface area contributed by atoms with Gasteiger partial charge in [-0.15, -0.1) is 0 Å². The summed E-state index contributed by atoms with van der Waals surface area (Å²) in [6, 6.07) is 9.68. The second-order valence-corrected chi connectivity index (χ2v) is 6.41. The van der Waals surface area contributed by atoms with Crippen LogP contribution in [0.3, 0.4) is 0 Å². The Balaban J connectivity index is 2.24. The van der Waals surface area contributed by atoms with Gasteiger partial charge < -0.3 is 5.11 Å². The molecule has 0 aliphatic carbocycles. The lowest BCUT2D eigenvalue weighted by Crippen LogP contribution is -2.52. The van der Waals surface area contributed by atoms with E-state index in [0.29, 0.717) is 12.8 Å². The molecule has 2 rings (SSSR count). The summed E-state index contributed by atoms with van der Waals surface area (Å²) in [5, 5.41) is 9.71. The Bertz CT molecular complexity index is 440. The highest BCUT2D eigenvalue weighted by atomic mass is 16.4. The highest BCUT2D eigenvalue weighted by Gasteiger charge is 2.44. The first-order chi connectivity index (χ1) is 8.86. The molecule has 0 aromatic heterocycles. The van der Waals surface area contributed by atoms with Crippen molar-refractivity contribution in [1.82, 2.24) is 4.90 Å². The molecule has 104 valence electrons. The predicted octanol–water partition coefficient (Wildman–Crippen LogP) is 2.90. The van der Waals surface area contributed by atoms with Crippen LogP contribution in [0.2, 0.25) is 0 Å². The van der Waals surface area contributed by atoms with Gasteiger partial charge in [0.25, 0.3) is 0 Å². The van der Waals surface area contributed by atoms with Crippen LogP contribution in [0, 0.1) is 0 Å². The fraction of sp³-hybridized carbons (Fsp3) is 0.562. The van der Waals surface area contributed by atoms with Gasteiger partial charge in [-0.05, 0) is 39.2 Å². The van der Waals surface area contributed by atoms with Crippen molar-refractivity contribution < 1.29 is 9.90 Å². The number of likely N-dealkylation sites (tertiary alicyclic amines) is 1. The van der Waals surface area contributed by atoms with Crippen LogP contribution in [0.5, 0.6) is 0 Å². The Labute approximate surface area is 115 Å². The van der Waals surface area contributed by atoms with E-state index in [1.54, 1.807) is 0 Å². The van der Waals surface area contributed by atoms with Gasteiger partial charge >= 0.3 is 5.97 Å². The predicted molar refractivity (Wildman–Crippen MR) is 76.3 cm³/mol. The summed E-state index contributed by atoms with van der Waals surface area (Å²) in [6.07, 6.45) is 1.37. The zero-order chi connectivity index (χ0) is 14.1. The first kappa shape index (κ1) is 14.1. The number of aliphatic carboxylic acids is 1. The van der Waals surface area contributed by atoms with E-state index in [9.17, 15) is 9.90 Å². The smallest absolute Gasteiger partial charge is 0.314 e. The standard InChI is InChI=1S/C16H23NO2/c1-15(2,3)17-11-9-16(10-12-17,14(18)19)13-7-5-4-6-8-13/h4-8H,9-12H2,1-3H3,(H,18,19). The summed E-state index contributed by atoms with van der Waals surface area (Å²) < 4.78 is 0. The summed E-state index contributed by atoms with van der Waals surface area (Å²) >= 11 is 0. The van der Waals surface area contributed by atoms with Crippen molar-refractivity contribution in [2.45, 2.75) is 44.6 Å². The van der Waals surface area contributed by atoms with Crippen molar-refractivity contribution in [3.05, 3.63) is 35.9 Å². The topological polar surface area (TPSA) is 40.5 Å². The molecule has 0 unspecified atom stereocenters.